The second-order valence-corrected chi connectivity index (χ2v) is 7.55. The van der Waals surface area contributed by atoms with Crippen LogP contribution < -0.4 is 10.6 Å². The van der Waals surface area contributed by atoms with Gasteiger partial charge in [0.25, 0.3) is 0 Å². The second-order valence-electron chi connectivity index (χ2n) is 5.71. The van der Waals surface area contributed by atoms with Crippen LogP contribution in [-0.2, 0) is 0 Å². The lowest BCUT2D eigenvalue weighted by molar-refractivity contribution is 0.430. The van der Waals surface area contributed by atoms with Crippen LogP contribution in [-0.4, -0.2) is 35.2 Å². The number of benzene rings is 1. The maximum Gasteiger partial charge on any atom is 0.320 e. The summed E-state index contributed by atoms with van der Waals surface area (Å²) in [7, 11) is 0. The summed E-state index contributed by atoms with van der Waals surface area (Å²) >= 11 is 3.14. The molecule has 0 aliphatic rings. The molecule has 9 nitrogen and oxygen atoms in total. The van der Waals surface area contributed by atoms with E-state index in [-0.39, 0.29) is 11.9 Å². The van der Waals surface area contributed by atoms with Crippen molar-refractivity contribution in [2.45, 2.75) is 0 Å². The summed E-state index contributed by atoms with van der Waals surface area (Å²) in [5.41, 5.74) is 4.32. The largest absolute Gasteiger partial charge is 0.479 e. The Balaban J connectivity index is 1.38. The molecule has 0 bridgehead atoms. The monoisotopic (exact) mass is 408 g/mol. The molecule has 0 spiro atoms. The number of anilines is 4. The van der Waals surface area contributed by atoms with Gasteiger partial charge >= 0.3 is 6.01 Å². The van der Waals surface area contributed by atoms with Crippen molar-refractivity contribution in [2.75, 3.05) is 10.6 Å². The fraction of sp³-hybridized carbons (Fsp3) is 0. The molecule has 0 saturated carbocycles. The Kier molecular flexibility index (Phi) is 4.07. The standard InChI is InChI=1S/C17H12N8OS2/c26-17-22-15(19-9-3-4-10-13(6-9)28-8-18-10)21-16(23-17)20-14-7-11(24-25-14)12-2-1-5-27-12/h1-8H,(H4,19,20,21,22,23,24,25,26). The third-order valence-corrected chi connectivity index (χ3v) is 5.49. The number of nitrogens with one attached hydrogen (secondary N) is 3. The molecule has 0 unspecified atom stereocenters. The topological polar surface area (TPSA) is 125 Å². The van der Waals surface area contributed by atoms with Gasteiger partial charge in [0.2, 0.25) is 11.9 Å². The Bertz CT molecular complexity index is 1250. The molecule has 5 aromatic rings. The number of nitrogens with zero attached hydrogens (tertiary/aromatic N) is 5. The van der Waals surface area contributed by atoms with Gasteiger partial charge < -0.3 is 15.7 Å². The highest BCUT2D eigenvalue weighted by Crippen LogP contribution is 2.26. The average molecular weight is 408 g/mol. The molecule has 0 fully saturated rings. The van der Waals surface area contributed by atoms with Crippen molar-refractivity contribution in [3.63, 3.8) is 0 Å². The highest BCUT2D eigenvalue weighted by atomic mass is 32.1. The van der Waals surface area contributed by atoms with E-state index in [1.54, 1.807) is 28.2 Å². The van der Waals surface area contributed by atoms with Crippen molar-refractivity contribution in [3.8, 4) is 16.6 Å². The molecule has 11 heteroatoms. The maximum absolute atomic E-state index is 9.87. The highest BCUT2D eigenvalue weighted by Gasteiger charge is 2.10. The fourth-order valence-electron chi connectivity index (χ4n) is 2.60. The van der Waals surface area contributed by atoms with Crippen molar-refractivity contribution in [1.82, 2.24) is 30.1 Å². The SMILES string of the molecule is Oc1nc(Nc2ccc3ncsc3c2)nc(Nc2cc(-c3cccs3)n[nH]2)n1. The molecule has 0 aliphatic carbocycles. The van der Waals surface area contributed by atoms with Crippen LogP contribution >= 0.6 is 22.7 Å². The molecular formula is C17H12N8OS2. The summed E-state index contributed by atoms with van der Waals surface area (Å²) in [6.07, 6.45) is 0. The normalized spacial score (nSPS) is 11.0. The molecule has 0 radical (unpaired) electrons. The van der Waals surface area contributed by atoms with Gasteiger partial charge in [-0.2, -0.15) is 20.1 Å². The second kappa shape index (κ2) is 6.87. The molecule has 0 saturated heterocycles. The van der Waals surface area contributed by atoms with E-state index in [0.717, 1.165) is 26.5 Å². The number of thiazole rings is 1. The quantitative estimate of drug-likeness (QED) is 0.342. The smallest absolute Gasteiger partial charge is 0.320 e. The number of hydrogen-bond acceptors (Lipinski definition) is 10. The first-order chi connectivity index (χ1) is 13.7. The Labute approximate surface area is 166 Å². The first-order valence-electron chi connectivity index (χ1n) is 8.14. The van der Waals surface area contributed by atoms with E-state index in [4.69, 9.17) is 0 Å². The molecule has 4 N–H and O–H groups in total. The molecule has 0 atom stereocenters. The lowest BCUT2D eigenvalue weighted by Crippen LogP contribution is -2.03. The van der Waals surface area contributed by atoms with E-state index >= 15 is 0 Å². The lowest BCUT2D eigenvalue weighted by Gasteiger charge is -2.07. The Hall–Kier alpha value is -3.57. The summed E-state index contributed by atoms with van der Waals surface area (Å²) in [4.78, 5) is 17.4. The van der Waals surface area contributed by atoms with Crippen LogP contribution in [0.1, 0.15) is 0 Å². The zero-order valence-electron chi connectivity index (χ0n) is 14.1. The van der Waals surface area contributed by atoms with Crippen molar-refractivity contribution < 1.29 is 5.11 Å². The predicted octanol–water partition coefficient (Wildman–Crippen LogP) is 4.13. The van der Waals surface area contributed by atoms with E-state index in [1.807, 2.05) is 41.8 Å². The van der Waals surface area contributed by atoms with E-state index < -0.39 is 6.01 Å². The molecule has 5 rings (SSSR count). The van der Waals surface area contributed by atoms with Gasteiger partial charge in [0.05, 0.1) is 20.6 Å². The van der Waals surface area contributed by atoms with Crippen molar-refractivity contribution in [3.05, 3.63) is 47.3 Å². The summed E-state index contributed by atoms with van der Waals surface area (Å²) in [6.45, 7) is 0. The molecule has 138 valence electrons. The minimum atomic E-state index is -0.392. The van der Waals surface area contributed by atoms with Crippen LogP contribution in [0.2, 0.25) is 0 Å². The molecule has 0 amide bonds. The number of fused-ring (bicyclic) bond motifs is 1. The van der Waals surface area contributed by atoms with E-state index in [0.29, 0.717) is 5.82 Å². The lowest BCUT2D eigenvalue weighted by atomic mass is 10.3. The minimum absolute atomic E-state index is 0.190. The van der Waals surface area contributed by atoms with Crippen molar-refractivity contribution >= 4 is 56.3 Å². The molecule has 28 heavy (non-hydrogen) atoms. The van der Waals surface area contributed by atoms with Crippen LogP contribution in [0, 0.1) is 0 Å². The van der Waals surface area contributed by atoms with Gasteiger partial charge in [-0.25, -0.2) is 4.98 Å². The first kappa shape index (κ1) is 16.6. The number of aromatic hydroxyl groups is 1. The minimum Gasteiger partial charge on any atom is -0.479 e. The number of thiophene rings is 1. The van der Waals surface area contributed by atoms with Crippen LogP contribution in [0.5, 0.6) is 6.01 Å². The fourth-order valence-corrected chi connectivity index (χ4v) is 4.00. The van der Waals surface area contributed by atoms with Crippen LogP contribution in [0.25, 0.3) is 20.8 Å². The van der Waals surface area contributed by atoms with E-state index in [9.17, 15) is 5.11 Å². The van der Waals surface area contributed by atoms with Gasteiger partial charge in [0.1, 0.15) is 11.5 Å². The van der Waals surface area contributed by atoms with Gasteiger partial charge in [0.15, 0.2) is 0 Å². The summed E-state index contributed by atoms with van der Waals surface area (Å²) in [5, 5.41) is 25.1. The third kappa shape index (κ3) is 3.35. The Morgan fingerprint density at radius 3 is 2.71 bits per heavy atom. The summed E-state index contributed by atoms with van der Waals surface area (Å²) < 4.78 is 1.04. The zero-order chi connectivity index (χ0) is 18.9. The van der Waals surface area contributed by atoms with Crippen molar-refractivity contribution in [1.29, 1.82) is 0 Å². The molecule has 0 aliphatic heterocycles. The number of aromatic amines is 1. The average Bonchev–Trinajstić information content (AvgIpc) is 3.42. The Morgan fingerprint density at radius 1 is 0.964 bits per heavy atom. The number of hydrogen-bond donors (Lipinski definition) is 4. The molecule has 4 aromatic heterocycles. The van der Waals surface area contributed by atoms with Crippen LogP contribution in [0.3, 0.4) is 0 Å². The van der Waals surface area contributed by atoms with Crippen LogP contribution in [0.4, 0.5) is 23.4 Å². The summed E-state index contributed by atoms with van der Waals surface area (Å²) in [5.74, 6) is 1.01. The predicted molar refractivity (Wildman–Crippen MR) is 110 cm³/mol. The molecular weight excluding hydrogens is 396 g/mol. The third-order valence-electron chi connectivity index (χ3n) is 3.81. The van der Waals surface area contributed by atoms with E-state index in [1.165, 1.54) is 0 Å². The molecule has 1 aromatic carbocycles. The number of aromatic nitrogens is 6. The van der Waals surface area contributed by atoms with Gasteiger partial charge in [-0.1, -0.05) is 6.07 Å². The molecule has 4 heterocycles. The van der Waals surface area contributed by atoms with Crippen molar-refractivity contribution in [2.24, 2.45) is 0 Å². The van der Waals surface area contributed by atoms with E-state index in [2.05, 4.69) is 40.8 Å². The summed E-state index contributed by atoms with van der Waals surface area (Å²) in [6, 6.07) is 11.1. The number of H-pyrrole nitrogens is 1. The van der Waals surface area contributed by atoms with Gasteiger partial charge in [-0.15, -0.1) is 22.7 Å². The number of rotatable bonds is 5. The first-order valence-corrected chi connectivity index (χ1v) is 9.90. The zero-order valence-corrected chi connectivity index (χ0v) is 15.8. The maximum atomic E-state index is 9.87. The van der Waals surface area contributed by atoms with Gasteiger partial charge in [-0.3, -0.25) is 5.10 Å². The highest BCUT2D eigenvalue weighted by molar-refractivity contribution is 7.16. The van der Waals surface area contributed by atoms with Gasteiger partial charge in [-0.05, 0) is 29.6 Å². The van der Waals surface area contributed by atoms with Gasteiger partial charge in [0, 0.05) is 11.8 Å². The Morgan fingerprint density at radius 2 is 1.86 bits per heavy atom. The van der Waals surface area contributed by atoms with Crippen LogP contribution in [0.15, 0.2) is 47.3 Å².